The lowest BCUT2D eigenvalue weighted by molar-refractivity contribution is -0.889. The molecule has 0 saturated heterocycles. The van der Waals surface area contributed by atoms with E-state index in [1.165, 1.54) is 4.90 Å². The van der Waals surface area contributed by atoms with Crippen molar-refractivity contribution in [2.24, 2.45) is 0 Å². The van der Waals surface area contributed by atoms with Crippen molar-refractivity contribution in [1.29, 1.82) is 5.26 Å². The minimum atomic E-state index is 0.646. The van der Waals surface area contributed by atoms with Gasteiger partial charge in [0, 0.05) is 0 Å². The van der Waals surface area contributed by atoms with E-state index in [1.54, 1.807) is 0 Å². The fourth-order valence-corrected chi connectivity index (χ4v) is 0.612. The van der Waals surface area contributed by atoms with E-state index < -0.39 is 0 Å². The van der Waals surface area contributed by atoms with Crippen LogP contribution in [-0.2, 0) is 0 Å². The average Bonchev–Trinajstić information content (AvgIpc) is 1.83. The second-order valence-electron chi connectivity index (χ2n) is 1.79. The highest BCUT2D eigenvalue weighted by Gasteiger charge is 1.96. The molecule has 0 spiro atoms. The highest BCUT2D eigenvalue weighted by atomic mass is 15.1. The van der Waals surface area contributed by atoms with Crippen LogP contribution in [0, 0.1) is 11.3 Å². The van der Waals surface area contributed by atoms with Gasteiger partial charge in [0.15, 0.2) is 6.54 Å². The van der Waals surface area contributed by atoms with Gasteiger partial charge in [0.25, 0.3) is 0 Å². The van der Waals surface area contributed by atoms with E-state index in [9.17, 15) is 0 Å². The predicted octanol–water partition coefficient (Wildman–Crippen LogP) is -0.565. The Morgan fingerprint density at radius 1 is 1.38 bits per heavy atom. The van der Waals surface area contributed by atoms with Crippen molar-refractivity contribution in [2.75, 3.05) is 19.6 Å². The van der Waals surface area contributed by atoms with Gasteiger partial charge in [0.1, 0.15) is 6.07 Å². The van der Waals surface area contributed by atoms with E-state index in [0.29, 0.717) is 6.54 Å². The van der Waals surface area contributed by atoms with Gasteiger partial charge in [-0.2, -0.15) is 5.26 Å². The Morgan fingerprint density at radius 2 is 1.88 bits per heavy atom. The summed E-state index contributed by atoms with van der Waals surface area (Å²) in [5.74, 6) is 0. The molecule has 0 saturated carbocycles. The molecule has 0 atom stereocenters. The quantitative estimate of drug-likeness (QED) is 0.488. The molecule has 0 aromatic heterocycles. The molecule has 0 aliphatic heterocycles. The Morgan fingerprint density at radius 3 is 2.00 bits per heavy atom. The molecule has 8 heavy (non-hydrogen) atoms. The Bertz CT molecular complexity index is 79.0. The molecule has 0 aromatic rings. The van der Waals surface area contributed by atoms with Gasteiger partial charge < -0.3 is 4.90 Å². The maximum Gasteiger partial charge on any atom is 0.165 e. The Labute approximate surface area is 50.7 Å². The van der Waals surface area contributed by atoms with Crippen LogP contribution in [-0.4, -0.2) is 19.6 Å². The fourth-order valence-electron chi connectivity index (χ4n) is 0.612. The number of hydrogen-bond donors (Lipinski definition) is 1. The van der Waals surface area contributed by atoms with Gasteiger partial charge in [0.2, 0.25) is 0 Å². The van der Waals surface area contributed by atoms with Crippen LogP contribution in [0.25, 0.3) is 0 Å². The second kappa shape index (κ2) is 4.61. The van der Waals surface area contributed by atoms with Crippen LogP contribution >= 0.6 is 0 Å². The molecule has 1 N–H and O–H groups in total. The van der Waals surface area contributed by atoms with Crippen molar-refractivity contribution in [3.8, 4) is 6.07 Å². The molecular weight excluding hydrogens is 100 g/mol. The smallest absolute Gasteiger partial charge is 0.165 e. The summed E-state index contributed by atoms with van der Waals surface area (Å²) in [5.41, 5.74) is 0. The van der Waals surface area contributed by atoms with Crippen molar-refractivity contribution in [1.82, 2.24) is 0 Å². The van der Waals surface area contributed by atoms with Crippen molar-refractivity contribution in [3.63, 3.8) is 0 Å². The fraction of sp³-hybridized carbons (Fsp3) is 0.833. The first-order chi connectivity index (χ1) is 3.85. The van der Waals surface area contributed by atoms with Crippen LogP contribution in [0.4, 0.5) is 0 Å². The molecule has 0 unspecified atom stereocenters. The topological polar surface area (TPSA) is 28.2 Å². The third-order valence-corrected chi connectivity index (χ3v) is 1.33. The van der Waals surface area contributed by atoms with Gasteiger partial charge in [-0.15, -0.1) is 0 Å². The second-order valence-corrected chi connectivity index (χ2v) is 1.79. The molecule has 0 aromatic carbocycles. The summed E-state index contributed by atoms with van der Waals surface area (Å²) in [6.07, 6.45) is 0. The summed E-state index contributed by atoms with van der Waals surface area (Å²) in [6, 6.07) is 2.13. The molecule has 0 fully saturated rings. The molecule has 0 amide bonds. The molecule has 46 valence electrons. The molecule has 2 nitrogen and oxygen atoms in total. The molecule has 0 rings (SSSR count). The van der Waals surface area contributed by atoms with Crippen LogP contribution < -0.4 is 4.90 Å². The number of nitriles is 1. The lowest BCUT2D eigenvalue weighted by atomic mass is 10.5. The van der Waals surface area contributed by atoms with Crippen LogP contribution in [0.2, 0.25) is 0 Å². The number of quaternary nitrogens is 1. The number of rotatable bonds is 3. The third-order valence-electron chi connectivity index (χ3n) is 1.33. The van der Waals surface area contributed by atoms with Crippen molar-refractivity contribution >= 4 is 0 Å². The van der Waals surface area contributed by atoms with Crippen molar-refractivity contribution in [3.05, 3.63) is 0 Å². The summed E-state index contributed by atoms with van der Waals surface area (Å²) in [6.45, 7) is 6.95. The highest BCUT2D eigenvalue weighted by Crippen LogP contribution is 1.46. The molecule has 0 aliphatic rings. The minimum Gasteiger partial charge on any atom is -0.324 e. The van der Waals surface area contributed by atoms with E-state index in [4.69, 9.17) is 5.26 Å². The predicted molar refractivity (Wildman–Crippen MR) is 32.5 cm³/mol. The summed E-state index contributed by atoms with van der Waals surface area (Å²) in [5, 5.41) is 8.23. The number of nitrogens with one attached hydrogen (secondary N) is 1. The number of hydrogen-bond acceptors (Lipinski definition) is 1. The normalized spacial score (nSPS) is 9.25. The van der Waals surface area contributed by atoms with Crippen LogP contribution in [0.15, 0.2) is 0 Å². The lowest BCUT2D eigenvalue weighted by Gasteiger charge is -2.08. The summed E-state index contributed by atoms with van der Waals surface area (Å²) in [4.78, 5) is 1.35. The van der Waals surface area contributed by atoms with E-state index in [2.05, 4.69) is 19.9 Å². The monoisotopic (exact) mass is 113 g/mol. The van der Waals surface area contributed by atoms with Gasteiger partial charge in [-0.1, -0.05) is 0 Å². The first kappa shape index (κ1) is 7.45. The molecule has 0 radical (unpaired) electrons. The lowest BCUT2D eigenvalue weighted by Crippen LogP contribution is -3.11. The van der Waals surface area contributed by atoms with Crippen LogP contribution in [0.3, 0.4) is 0 Å². The minimum absolute atomic E-state index is 0.646. The largest absolute Gasteiger partial charge is 0.324 e. The summed E-state index contributed by atoms with van der Waals surface area (Å²) < 4.78 is 0. The molecule has 0 heterocycles. The van der Waals surface area contributed by atoms with Crippen LogP contribution in [0.5, 0.6) is 0 Å². The first-order valence-electron chi connectivity index (χ1n) is 3.05. The zero-order valence-corrected chi connectivity index (χ0v) is 5.57. The molecule has 0 aliphatic carbocycles. The zero-order chi connectivity index (χ0) is 6.41. The van der Waals surface area contributed by atoms with E-state index >= 15 is 0 Å². The maximum absolute atomic E-state index is 8.23. The molecule has 2 heteroatoms. The van der Waals surface area contributed by atoms with E-state index in [-0.39, 0.29) is 0 Å². The average molecular weight is 113 g/mol. The van der Waals surface area contributed by atoms with Crippen molar-refractivity contribution < 1.29 is 4.90 Å². The highest BCUT2D eigenvalue weighted by molar-refractivity contribution is 4.64. The van der Waals surface area contributed by atoms with Gasteiger partial charge in [-0.3, -0.25) is 0 Å². The van der Waals surface area contributed by atoms with E-state index in [1.807, 2.05) is 0 Å². The van der Waals surface area contributed by atoms with E-state index in [0.717, 1.165) is 13.1 Å². The van der Waals surface area contributed by atoms with Crippen molar-refractivity contribution in [2.45, 2.75) is 13.8 Å². The zero-order valence-electron chi connectivity index (χ0n) is 5.57. The Kier molecular flexibility index (Phi) is 4.29. The summed E-state index contributed by atoms with van der Waals surface area (Å²) >= 11 is 0. The van der Waals surface area contributed by atoms with Gasteiger partial charge in [0.05, 0.1) is 13.1 Å². The van der Waals surface area contributed by atoms with Gasteiger partial charge >= 0.3 is 0 Å². The Balaban J connectivity index is 3.25. The maximum atomic E-state index is 8.23. The standard InChI is InChI=1S/C6H12N2/c1-3-8(4-2)6-5-7/h3-4,6H2,1-2H3/p+1. The van der Waals surface area contributed by atoms with Crippen LogP contribution in [0.1, 0.15) is 13.8 Å². The molecule has 0 bridgehead atoms. The number of nitrogens with zero attached hydrogens (tertiary/aromatic N) is 1. The first-order valence-corrected chi connectivity index (χ1v) is 3.05. The molecular formula is C6H13N2+. The SMILES string of the molecule is CC[NH+](CC)CC#N. The third kappa shape index (κ3) is 2.59. The van der Waals surface area contributed by atoms with Gasteiger partial charge in [-0.05, 0) is 13.8 Å². The van der Waals surface area contributed by atoms with Gasteiger partial charge in [-0.25, -0.2) is 0 Å². The summed E-state index contributed by atoms with van der Waals surface area (Å²) in [7, 11) is 0. The Hall–Kier alpha value is -0.550.